The molecule has 6 heteroatoms. The largest absolute Gasteiger partial charge is 0.494 e. The molecule has 0 atom stereocenters. The van der Waals surface area contributed by atoms with E-state index in [0.29, 0.717) is 13.1 Å². The van der Waals surface area contributed by atoms with Gasteiger partial charge in [0.05, 0.1) is 25.4 Å². The molecule has 1 aromatic heterocycles. The van der Waals surface area contributed by atoms with Gasteiger partial charge in [-0.25, -0.2) is 9.98 Å². The van der Waals surface area contributed by atoms with Crippen LogP contribution in [0.1, 0.15) is 41.4 Å². The van der Waals surface area contributed by atoms with Gasteiger partial charge in [-0.2, -0.15) is 0 Å². The molecule has 0 bridgehead atoms. The van der Waals surface area contributed by atoms with Gasteiger partial charge in [0.25, 0.3) is 0 Å². The van der Waals surface area contributed by atoms with Gasteiger partial charge in [-0.3, -0.25) is 0 Å². The highest BCUT2D eigenvalue weighted by Gasteiger charge is 2.05. The second-order valence-electron chi connectivity index (χ2n) is 5.79. The molecule has 0 amide bonds. The zero-order valence-corrected chi connectivity index (χ0v) is 16.4. The van der Waals surface area contributed by atoms with Gasteiger partial charge in [-0.15, -0.1) is 11.3 Å². The lowest BCUT2D eigenvalue weighted by molar-refractivity contribution is 0.317. The molecule has 0 saturated carbocycles. The number of hydrogen-bond donors (Lipinski definition) is 2. The monoisotopic (exact) mass is 360 g/mol. The summed E-state index contributed by atoms with van der Waals surface area (Å²) < 4.78 is 5.68. The van der Waals surface area contributed by atoms with E-state index in [1.54, 1.807) is 11.3 Å². The second kappa shape index (κ2) is 10.0. The van der Waals surface area contributed by atoms with Crippen LogP contribution in [0.3, 0.4) is 0 Å². The van der Waals surface area contributed by atoms with E-state index in [1.165, 1.54) is 4.88 Å². The van der Waals surface area contributed by atoms with E-state index in [9.17, 15) is 0 Å². The SMILES string of the molecule is CCCOc1cccc(CN=C(NCC)NCc2nc(C)c(C)s2)c1. The summed E-state index contributed by atoms with van der Waals surface area (Å²) in [4.78, 5) is 10.5. The zero-order valence-electron chi connectivity index (χ0n) is 15.6. The molecule has 0 aliphatic rings. The standard InChI is InChI=1S/C19H28N4OS/c1-5-10-24-17-9-7-8-16(11-17)12-21-19(20-6-2)22-13-18-23-14(3)15(4)25-18/h7-9,11H,5-6,10,12-13H2,1-4H3,(H2,20,21,22). The molecule has 1 heterocycles. The normalized spacial score (nSPS) is 11.4. The third-order valence-corrected chi connectivity index (χ3v) is 4.69. The number of guanidine groups is 1. The highest BCUT2D eigenvalue weighted by Crippen LogP contribution is 2.16. The summed E-state index contributed by atoms with van der Waals surface area (Å²) in [7, 11) is 0. The van der Waals surface area contributed by atoms with Crippen LogP contribution in [0.2, 0.25) is 0 Å². The van der Waals surface area contributed by atoms with Crippen molar-refractivity contribution >= 4 is 17.3 Å². The van der Waals surface area contributed by atoms with Crippen molar-refractivity contribution in [3.8, 4) is 5.75 Å². The van der Waals surface area contributed by atoms with Crippen LogP contribution < -0.4 is 15.4 Å². The first kappa shape index (κ1) is 19.2. The molecule has 0 aliphatic carbocycles. The van der Waals surface area contributed by atoms with Gasteiger partial charge in [0.1, 0.15) is 10.8 Å². The number of rotatable bonds is 8. The Morgan fingerprint density at radius 3 is 2.76 bits per heavy atom. The maximum Gasteiger partial charge on any atom is 0.191 e. The van der Waals surface area contributed by atoms with Gasteiger partial charge < -0.3 is 15.4 Å². The Hall–Kier alpha value is -2.08. The van der Waals surface area contributed by atoms with E-state index in [1.807, 2.05) is 19.1 Å². The number of aliphatic imine (C=N–C) groups is 1. The molecule has 0 aliphatic heterocycles. The lowest BCUT2D eigenvalue weighted by atomic mass is 10.2. The van der Waals surface area contributed by atoms with E-state index in [4.69, 9.17) is 4.74 Å². The van der Waals surface area contributed by atoms with Crippen LogP contribution in [0, 0.1) is 13.8 Å². The lowest BCUT2D eigenvalue weighted by Crippen LogP contribution is -2.36. The van der Waals surface area contributed by atoms with Crippen LogP contribution in [-0.2, 0) is 13.1 Å². The van der Waals surface area contributed by atoms with E-state index in [2.05, 4.69) is 53.5 Å². The van der Waals surface area contributed by atoms with Crippen molar-refractivity contribution in [2.75, 3.05) is 13.2 Å². The number of nitrogens with zero attached hydrogens (tertiary/aromatic N) is 2. The van der Waals surface area contributed by atoms with Crippen molar-refractivity contribution in [2.24, 2.45) is 4.99 Å². The van der Waals surface area contributed by atoms with Crippen molar-refractivity contribution in [3.63, 3.8) is 0 Å². The van der Waals surface area contributed by atoms with Gasteiger partial charge in [0.15, 0.2) is 5.96 Å². The summed E-state index contributed by atoms with van der Waals surface area (Å²) in [5.41, 5.74) is 2.24. The highest BCUT2D eigenvalue weighted by molar-refractivity contribution is 7.11. The first-order valence-electron chi connectivity index (χ1n) is 8.79. The van der Waals surface area contributed by atoms with Crippen LogP contribution in [0.15, 0.2) is 29.3 Å². The average molecular weight is 361 g/mol. The Morgan fingerprint density at radius 1 is 1.24 bits per heavy atom. The van der Waals surface area contributed by atoms with Crippen molar-refractivity contribution in [1.29, 1.82) is 0 Å². The van der Waals surface area contributed by atoms with Crippen molar-refractivity contribution in [3.05, 3.63) is 45.4 Å². The van der Waals surface area contributed by atoms with Gasteiger partial charge in [0, 0.05) is 11.4 Å². The Kier molecular flexibility index (Phi) is 7.73. The van der Waals surface area contributed by atoms with E-state index in [0.717, 1.165) is 47.5 Å². The molecule has 5 nitrogen and oxygen atoms in total. The van der Waals surface area contributed by atoms with Crippen molar-refractivity contribution < 1.29 is 4.74 Å². The van der Waals surface area contributed by atoms with Crippen LogP contribution in [-0.4, -0.2) is 24.1 Å². The number of aromatic nitrogens is 1. The lowest BCUT2D eigenvalue weighted by Gasteiger charge is -2.10. The molecule has 0 saturated heterocycles. The number of thiazole rings is 1. The first-order valence-corrected chi connectivity index (χ1v) is 9.60. The van der Waals surface area contributed by atoms with Crippen molar-refractivity contribution in [2.45, 2.75) is 47.2 Å². The highest BCUT2D eigenvalue weighted by atomic mass is 32.1. The fourth-order valence-electron chi connectivity index (χ4n) is 2.24. The third kappa shape index (κ3) is 6.38. The molecule has 136 valence electrons. The summed E-state index contributed by atoms with van der Waals surface area (Å²) in [5, 5.41) is 7.71. The molecule has 0 fully saturated rings. The van der Waals surface area contributed by atoms with Gasteiger partial charge >= 0.3 is 0 Å². The Bertz CT molecular complexity index is 677. The third-order valence-electron chi connectivity index (χ3n) is 3.62. The van der Waals surface area contributed by atoms with Gasteiger partial charge in [-0.05, 0) is 44.9 Å². The number of benzene rings is 1. The predicted octanol–water partition coefficient (Wildman–Crippen LogP) is 3.80. The summed E-state index contributed by atoms with van der Waals surface area (Å²) in [6, 6.07) is 8.12. The van der Waals surface area contributed by atoms with Gasteiger partial charge in [0.2, 0.25) is 0 Å². The number of nitrogens with one attached hydrogen (secondary N) is 2. The maximum atomic E-state index is 5.68. The molecule has 25 heavy (non-hydrogen) atoms. The first-order chi connectivity index (χ1) is 12.1. The summed E-state index contributed by atoms with van der Waals surface area (Å²) in [5.74, 6) is 1.70. The molecule has 2 aromatic rings. The molecule has 0 spiro atoms. The number of ether oxygens (including phenoxy) is 1. The smallest absolute Gasteiger partial charge is 0.191 e. The molecular weight excluding hydrogens is 332 g/mol. The Labute approximate surface area is 154 Å². The molecular formula is C19H28N4OS. The van der Waals surface area contributed by atoms with Crippen LogP contribution in [0.25, 0.3) is 0 Å². The van der Waals surface area contributed by atoms with Gasteiger partial charge in [-0.1, -0.05) is 19.1 Å². The number of hydrogen-bond acceptors (Lipinski definition) is 4. The van der Waals surface area contributed by atoms with Crippen molar-refractivity contribution in [1.82, 2.24) is 15.6 Å². The summed E-state index contributed by atoms with van der Waals surface area (Å²) >= 11 is 1.73. The maximum absolute atomic E-state index is 5.68. The van der Waals surface area contributed by atoms with Crippen LogP contribution in [0.4, 0.5) is 0 Å². The summed E-state index contributed by atoms with van der Waals surface area (Å²) in [6.07, 6.45) is 1.01. The molecule has 2 rings (SSSR count). The van der Waals surface area contributed by atoms with E-state index in [-0.39, 0.29) is 0 Å². The topological polar surface area (TPSA) is 58.5 Å². The Balaban J connectivity index is 1.96. The fraction of sp³-hybridized carbons (Fsp3) is 0.474. The van der Waals surface area contributed by atoms with Crippen LogP contribution in [0.5, 0.6) is 5.75 Å². The second-order valence-corrected chi connectivity index (χ2v) is 7.08. The van der Waals surface area contributed by atoms with Crippen LogP contribution >= 0.6 is 11.3 Å². The zero-order chi connectivity index (χ0) is 18.1. The predicted molar refractivity (Wildman–Crippen MR) is 105 cm³/mol. The molecule has 0 radical (unpaired) electrons. The minimum absolute atomic E-state index is 0.606. The van der Waals surface area contributed by atoms with E-state index < -0.39 is 0 Å². The molecule has 2 N–H and O–H groups in total. The Morgan fingerprint density at radius 2 is 2.08 bits per heavy atom. The quantitative estimate of drug-likeness (QED) is 0.555. The number of aryl methyl sites for hydroxylation is 2. The fourth-order valence-corrected chi connectivity index (χ4v) is 3.11. The minimum Gasteiger partial charge on any atom is -0.494 e. The average Bonchev–Trinajstić information content (AvgIpc) is 2.94. The van der Waals surface area contributed by atoms with E-state index >= 15 is 0 Å². The molecule has 1 aromatic carbocycles. The minimum atomic E-state index is 0.606. The molecule has 0 unspecified atom stereocenters. The summed E-state index contributed by atoms with van der Waals surface area (Å²) in [6.45, 7) is 11.2.